The predicted octanol–water partition coefficient (Wildman–Crippen LogP) is 2.66. The van der Waals surface area contributed by atoms with Gasteiger partial charge in [0.1, 0.15) is 0 Å². The fourth-order valence-corrected chi connectivity index (χ4v) is 3.54. The van der Waals surface area contributed by atoms with Gasteiger partial charge in [-0.2, -0.15) is 0 Å². The van der Waals surface area contributed by atoms with Crippen LogP contribution in [0.1, 0.15) is 17.3 Å². The van der Waals surface area contributed by atoms with Gasteiger partial charge in [-0.1, -0.05) is 23.2 Å². The number of carbonyl (C=O) groups excluding carboxylic acids is 2. The molecule has 27 heavy (non-hydrogen) atoms. The van der Waals surface area contributed by atoms with Crippen molar-refractivity contribution in [2.24, 2.45) is 0 Å². The number of hydrogen-bond acceptors (Lipinski definition) is 4. The highest BCUT2D eigenvalue weighted by Gasteiger charge is 2.14. The average Bonchev–Trinajstić information content (AvgIpc) is 2.60. The third-order valence-electron chi connectivity index (χ3n) is 3.36. The third-order valence-corrected chi connectivity index (χ3v) is 5.40. The summed E-state index contributed by atoms with van der Waals surface area (Å²) >= 11 is 11.8. The molecule has 2 rings (SSSR count). The highest BCUT2D eigenvalue weighted by molar-refractivity contribution is 7.89. The lowest BCUT2D eigenvalue weighted by Gasteiger charge is -2.10. The van der Waals surface area contributed by atoms with Crippen LogP contribution in [0, 0.1) is 0 Å². The van der Waals surface area contributed by atoms with E-state index in [0.717, 1.165) is 0 Å². The quantitative estimate of drug-likeness (QED) is 0.588. The lowest BCUT2D eigenvalue weighted by Crippen LogP contribution is -2.34. The number of anilines is 1. The minimum atomic E-state index is -3.74. The molecular formula is C17H17Cl2N3O4S. The second kappa shape index (κ2) is 9.18. The maximum absolute atomic E-state index is 12.2. The fourth-order valence-electron chi connectivity index (χ4n) is 2.13. The van der Waals surface area contributed by atoms with Gasteiger partial charge < -0.3 is 10.6 Å². The van der Waals surface area contributed by atoms with Crippen molar-refractivity contribution in [2.45, 2.75) is 11.8 Å². The van der Waals surface area contributed by atoms with Gasteiger partial charge >= 0.3 is 0 Å². The van der Waals surface area contributed by atoms with Crippen molar-refractivity contribution in [3.8, 4) is 0 Å². The SMILES string of the molecule is CC(=O)Nc1ccc(S(=O)(=O)NCCNC(=O)c2cc(Cl)ccc2Cl)cc1. The van der Waals surface area contributed by atoms with Crippen LogP contribution in [0.15, 0.2) is 47.4 Å². The van der Waals surface area contributed by atoms with E-state index in [1.807, 2.05) is 0 Å². The molecule has 0 saturated heterocycles. The molecule has 0 aliphatic carbocycles. The van der Waals surface area contributed by atoms with Gasteiger partial charge in [-0.05, 0) is 42.5 Å². The van der Waals surface area contributed by atoms with Crippen LogP contribution < -0.4 is 15.4 Å². The maximum atomic E-state index is 12.2. The first-order chi connectivity index (χ1) is 12.7. The molecule has 0 radical (unpaired) electrons. The summed E-state index contributed by atoms with van der Waals surface area (Å²) in [5.74, 6) is -0.708. The van der Waals surface area contributed by atoms with E-state index in [-0.39, 0.29) is 34.5 Å². The van der Waals surface area contributed by atoms with E-state index >= 15 is 0 Å². The number of hydrogen-bond donors (Lipinski definition) is 3. The lowest BCUT2D eigenvalue weighted by molar-refractivity contribution is -0.114. The molecule has 10 heteroatoms. The number of sulfonamides is 1. The van der Waals surface area contributed by atoms with E-state index in [2.05, 4.69) is 15.4 Å². The Bertz CT molecular complexity index is 947. The first-order valence-electron chi connectivity index (χ1n) is 7.79. The summed E-state index contributed by atoms with van der Waals surface area (Å²) in [5, 5.41) is 5.73. The van der Waals surface area contributed by atoms with Crippen LogP contribution in [0.25, 0.3) is 0 Å². The second-order valence-corrected chi connectivity index (χ2v) is 8.09. The van der Waals surface area contributed by atoms with Crippen molar-refractivity contribution >= 4 is 50.7 Å². The monoisotopic (exact) mass is 429 g/mol. The number of nitrogens with one attached hydrogen (secondary N) is 3. The molecule has 3 N–H and O–H groups in total. The summed E-state index contributed by atoms with van der Waals surface area (Å²) in [6, 6.07) is 10.2. The molecular weight excluding hydrogens is 413 g/mol. The molecule has 0 atom stereocenters. The van der Waals surface area contributed by atoms with E-state index in [9.17, 15) is 18.0 Å². The fraction of sp³-hybridized carbons (Fsp3) is 0.176. The zero-order chi connectivity index (χ0) is 20.0. The van der Waals surface area contributed by atoms with Crippen molar-refractivity contribution in [1.29, 1.82) is 0 Å². The molecule has 0 aliphatic rings. The number of amides is 2. The predicted molar refractivity (Wildman–Crippen MR) is 105 cm³/mol. The van der Waals surface area contributed by atoms with Gasteiger partial charge in [-0.3, -0.25) is 9.59 Å². The molecule has 0 aliphatic heterocycles. The molecule has 2 aromatic carbocycles. The minimum absolute atomic E-state index is 0.0142. The van der Waals surface area contributed by atoms with Gasteiger partial charge in [0.2, 0.25) is 15.9 Å². The van der Waals surface area contributed by atoms with Crippen LogP contribution in [0.4, 0.5) is 5.69 Å². The van der Waals surface area contributed by atoms with E-state index in [4.69, 9.17) is 23.2 Å². The Kier molecular flexibility index (Phi) is 7.20. The van der Waals surface area contributed by atoms with Gasteiger partial charge in [0.25, 0.3) is 5.91 Å². The average molecular weight is 430 g/mol. The van der Waals surface area contributed by atoms with Crippen LogP contribution in [-0.2, 0) is 14.8 Å². The molecule has 0 unspecified atom stereocenters. The first kappa shape index (κ1) is 21.2. The minimum Gasteiger partial charge on any atom is -0.351 e. The van der Waals surface area contributed by atoms with Crippen molar-refractivity contribution in [3.63, 3.8) is 0 Å². The zero-order valence-corrected chi connectivity index (χ0v) is 16.6. The summed E-state index contributed by atoms with van der Waals surface area (Å²) in [6.45, 7) is 1.40. The Balaban J connectivity index is 1.89. The van der Waals surface area contributed by atoms with Gasteiger partial charge in [0.15, 0.2) is 0 Å². The third kappa shape index (κ3) is 6.21. The van der Waals surface area contributed by atoms with Crippen LogP contribution in [0.5, 0.6) is 0 Å². The van der Waals surface area contributed by atoms with E-state index in [1.54, 1.807) is 6.07 Å². The highest BCUT2D eigenvalue weighted by Crippen LogP contribution is 2.20. The van der Waals surface area contributed by atoms with Crippen molar-refractivity contribution < 1.29 is 18.0 Å². The molecule has 0 bridgehead atoms. The highest BCUT2D eigenvalue weighted by atomic mass is 35.5. The summed E-state index contributed by atoms with van der Waals surface area (Å²) in [7, 11) is -3.74. The Hall–Kier alpha value is -2.13. The molecule has 144 valence electrons. The zero-order valence-electron chi connectivity index (χ0n) is 14.3. The van der Waals surface area contributed by atoms with E-state index in [0.29, 0.717) is 10.7 Å². The van der Waals surface area contributed by atoms with Crippen molar-refractivity contribution in [1.82, 2.24) is 10.0 Å². The molecule has 0 spiro atoms. The standard InChI is InChI=1S/C17H17Cl2N3O4S/c1-11(23)22-13-3-5-14(6-4-13)27(25,26)21-9-8-20-17(24)15-10-12(18)2-7-16(15)19/h2-7,10,21H,8-9H2,1H3,(H,20,24)(H,22,23). The van der Waals surface area contributed by atoms with Gasteiger partial charge in [0, 0.05) is 30.7 Å². The Morgan fingerprint density at radius 2 is 1.67 bits per heavy atom. The van der Waals surface area contributed by atoms with Gasteiger partial charge in [-0.15, -0.1) is 0 Å². The van der Waals surface area contributed by atoms with E-state index in [1.165, 1.54) is 43.3 Å². The molecule has 0 saturated carbocycles. The molecule has 2 amide bonds. The van der Waals surface area contributed by atoms with Crippen molar-refractivity contribution in [2.75, 3.05) is 18.4 Å². The van der Waals surface area contributed by atoms with Crippen LogP contribution >= 0.6 is 23.2 Å². The maximum Gasteiger partial charge on any atom is 0.252 e. The second-order valence-electron chi connectivity index (χ2n) is 5.48. The lowest BCUT2D eigenvalue weighted by atomic mass is 10.2. The van der Waals surface area contributed by atoms with Crippen molar-refractivity contribution in [3.05, 3.63) is 58.1 Å². The number of carbonyl (C=O) groups is 2. The van der Waals surface area contributed by atoms with Crippen LogP contribution in [0.2, 0.25) is 10.0 Å². The number of benzene rings is 2. The summed E-state index contributed by atoms with van der Waals surface area (Å²) < 4.78 is 26.8. The van der Waals surface area contributed by atoms with Crippen LogP contribution in [0.3, 0.4) is 0 Å². The van der Waals surface area contributed by atoms with Crippen LogP contribution in [-0.4, -0.2) is 33.3 Å². The molecule has 0 heterocycles. The number of halogens is 2. The Labute approximate surface area is 167 Å². The summed E-state index contributed by atoms with van der Waals surface area (Å²) in [5.41, 5.74) is 0.702. The largest absolute Gasteiger partial charge is 0.351 e. The Morgan fingerprint density at radius 3 is 2.30 bits per heavy atom. The molecule has 7 nitrogen and oxygen atoms in total. The van der Waals surface area contributed by atoms with Gasteiger partial charge in [0.05, 0.1) is 15.5 Å². The van der Waals surface area contributed by atoms with E-state index < -0.39 is 15.9 Å². The summed E-state index contributed by atoms with van der Waals surface area (Å²) in [6.07, 6.45) is 0. The smallest absolute Gasteiger partial charge is 0.252 e. The molecule has 2 aromatic rings. The normalized spacial score (nSPS) is 11.1. The topological polar surface area (TPSA) is 104 Å². The first-order valence-corrected chi connectivity index (χ1v) is 10.0. The molecule has 0 aromatic heterocycles. The Morgan fingerprint density at radius 1 is 1.00 bits per heavy atom. The molecule has 0 fully saturated rings. The summed E-state index contributed by atoms with van der Waals surface area (Å²) in [4.78, 5) is 23.1. The van der Waals surface area contributed by atoms with Gasteiger partial charge in [-0.25, -0.2) is 13.1 Å². The number of rotatable bonds is 7.